The Morgan fingerprint density at radius 1 is 0.750 bits per heavy atom. The van der Waals surface area contributed by atoms with Crippen LogP contribution in [-0.4, -0.2) is 16.4 Å². The number of nitrogens with zero attached hydrogens (tertiary/aromatic N) is 4. The van der Waals surface area contributed by atoms with Crippen LogP contribution in [0.25, 0.3) is 0 Å². The van der Waals surface area contributed by atoms with E-state index in [9.17, 15) is 14.9 Å². The van der Waals surface area contributed by atoms with Crippen molar-refractivity contribution in [1.29, 1.82) is 5.26 Å². The lowest BCUT2D eigenvalue weighted by atomic mass is 10.1. The summed E-state index contributed by atoms with van der Waals surface area (Å²) in [6, 6.07) is 26.9. The van der Waals surface area contributed by atoms with Crippen molar-refractivity contribution in [2.45, 2.75) is 6.54 Å². The molecule has 4 rings (SSSR count). The summed E-state index contributed by atoms with van der Waals surface area (Å²) in [7, 11) is 2.51. The fraction of sp³-hybridized carbons (Fsp3) is 0.0417. The molecule has 0 atom stereocenters. The smallest absolute Gasteiger partial charge is 0.279 e. The molecule has 0 radical (unpaired) electrons. The van der Waals surface area contributed by atoms with E-state index in [0.29, 0.717) is 26.3 Å². The number of amides is 2. The summed E-state index contributed by atoms with van der Waals surface area (Å²) in [5.74, 6) is -0.772. The molecule has 0 unspecified atom stereocenters. The zero-order chi connectivity index (χ0) is 22.3. The van der Waals surface area contributed by atoms with Gasteiger partial charge in [-0.25, -0.2) is 0 Å². The van der Waals surface area contributed by atoms with Crippen LogP contribution in [0.4, 0.5) is 0 Å². The van der Waals surface area contributed by atoms with Gasteiger partial charge in [-0.2, -0.15) is 15.2 Å². The number of benzene rings is 3. The molecule has 1 heterocycles. The molecule has 0 saturated heterocycles. The normalized spacial score (nSPS) is 11.8. The second-order valence-electron chi connectivity index (χ2n) is 6.65. The van der Waals surface area contributed by atoms with Crippen molar-refractivity contribution >= 4 is 32.5 Å². The van der Waals surface area contributed by atoms with Gasteiger partial charge in [-0.3, -0.25) is 14.2 Å². The Kier molecular flexibility index (Phi) is 6.60. The number of rotatable bonds is 4. The average Bonchev–Trinajstić information content (AvgIpc) is 3.21. The molecule has 0 aliphatic heterocycles. The predicted octanol–water partition coefficient (Wildman–Crippen LogP) is 4.01. The summed E-state index contributed by atoms with van der Waals surface area (Å²) in [6.07, 6.45) is 0. The molecule has 8 heteroatoms. The summed E-state index contributed by atoms with van der Waals surface area (Å²) in [5.41, 5.74) is 2.19. The van der Waals surface area contributed by atoms with E-state index in [1.807, 2.05) is 24.3 Å². The Bertz CT molecular complexity index is 1360. The van der Waals surface area contributed by atoms with Crippen LogP contribution in [-0.2, 0) is 6.54 Å². The fourth-order valence-corrected chi connectivity index (χ4v) is 5.08. The first-order valence-electron chi connectivity index (χ1n) is 9.62. The molecule has 156 valence electrons. The van der Waals surface area contributed by atoms with Crippen LogP contribution in [0.5, 0.6) is 0 Å². The first-order valence-corrected chi connectivity index (χ1v) is 11.8. The van der Waals surface area contributed by atoms with Crippen molar-refractivity contribution in [3.05, 3.63) is 117 Å². The molecule has 0 spiro atoms. The molecule has 0 saturated carbocycles. The molecular formula is C24H16N4O2S2. The van der Waals surface area contributed by atoms with E-state index in [2.05, 4.69) is 16.1 Å². The molecule has 1 aromatic heterocycles. The number of hydrogen-bond donors (Lipinski definition) is 0. The molecular weight excluding hydrogens is 440 g/mol. The Balaban J connectivity index is 1.83. The van der Waals surface area contributed by atoms with Gasteiger partial charge >= 0.3 is 0 Å². The van der Waals surface area contributed by atoms with Gasteiger partial charge in [-0.05, 0) is 56.6 Å². The molecule has 0 N–H and O–H groups in total. The summed E-state index contributed by atoms with van der Waals surface area (Å²) >= 11 is 0. The van der Waals surface area contributed by atoms with Crippen LogP contribution in [0.1, 0.15) is 31.8 Å². The first-order chi connectivity index (χ1) is 15.7. The van der Waals surface area contributed by atoms with E-state index in [4.69, 9.17) is 0 Å². The minimum Gasteiger partial charge on any atom is -0.288 e. The maximum atomic E-state index is 12.7. The largest absolute Gasteiger partial charge is 0.288 e. The fourth-order valence-electron chi connectivity index (χ4n) is 2.94. The Labute approximate surface area is 191 Å². The van der Waals surface area contributed by atoms with Gasteiger partial charge < -0.3 is 0 Å². The van der Waals surface area contributed by atoms with Crippen molar-refractivity contribution in [2.24, 2.45) is 9.98 Å². The number of carbonyl (C=O) groups excluding carboxylic acids is 2. The number of aromatic nitrogens is 1. The van der Waals surface area contributed by atoms with Gasteiger partial charge in [0.2, 0.25) is 9.60 Å². The first kappa shape index (κ1) is 21.3. The summed E-state index contributed by atoms with van der Waals surface area (Å²) < 4.78 is 1.70. The minimum atomic E-state index is -0.386. The summed E-state index contributed by atoms with van der Waals surface area (Å²) in [5, 5.41) is 9.46. The van der Waals surface area contributed by atoms with Gasteiger partial charge in [-0.1, -0.05) is 54.6 Å². The van der Waals surface area contributed by atoms with E-state index >= 15 is 0 Å². The van der Waals surface area contributed by atoms with E-state index in [1.54, 1.807) is 65.2 Å². The van der Waals surface area contributed by atoms with Crippen LogP contribution >= 0.6 is 20.7 Å². The molecule has 2 amide bonds. The molecule has 0 aliphatic carbocycles. The van der Waals surface area contributed by atoms with Gasteiger partial charge in [0.05, 0.1) is 18.2 Å². The monoisotopic (exact) mass is 456 g/mol. The number of hydrogen-bond acceptors (Lipinski definition) is 5. The summed E-state index contributed by atoms with van der Waals surface area (Å²) in [6.45, 7) is 0.255. The highest BCUT2D eigenvalue weighted by Crippen LogP contribution is 2.10. The van der Waals surface area contributed by atoms with Gasteiger partial charge in [0.1, 0.15) is 0 Å². The Morgan fingerprint density at radius 2 is 1.22 bits per heavy atom. The minimum absolute atomic E-state index is 0.255. The average molecular weight is 457 g/mol. The van der Waals surface area contributed by atoms with E-state index in [-0.39, 0.29) is 18.4 Å². The SMILES string of the molecule is N#Cc1ccccc1Cn1c(=NC(=O)c2ccccc2)ssc1=NC(=O)c1ccccc1. The third kappa shape index (κ3) is 4.86. The Hall–Kier alpha value is -3.93. The zero-order valence-electron chi connectivity index (χ0n) is 16.7. The highest BCUT2D eigenvalue weighted by molar-refractivity contribution is 7.67. The van der Waals surface area contributed by atoms with E-state index in [0.717, 1.165) is 5.56 Å². The van der Waals surface area contributed by atoms with Crippen LogP contribution < -0.4 is 9.60 Å². The molecule has 0 fully saturated rings. The van der Waals surface area contributed by atoms with Gasteiger partial charge in [0, 0.05) is 11.1 Å². The lowest BCUT2D eigenvalue weighted by molar-refractivity contribution is 0.0991. The second-order valence-corrected chi connectivity index (χ2v) is 8.72. The maximum Gasteiger partial charge on any atom is 0.279 e. The van der Waals surface area contributed by atoms with Crippen molar-refractivity contribution in [3.63, 3.8) is 0 Å². The van der Waals surface area contributed by atoms with Crippen molar-refractivity contribution < 1.29 is 9.59 Å². The van der Waals surface area contributed by atoms with Gasteiger partial charge in [0.15, 0.2) is 0 Å². The predicted molar refractivity (Wildman–Crippen MR) is 123 cm³/mol. The standard InChI is InChI=1S/C24H16N4O2S2/c25-15-19-13-7-8-14-20(19)16-28-23(26-21(29)17-9-3-1-4-10-17)31-32-24(28)27-22(30)18-11-5-2-6-12-18/h1-14H,16H2. The van der Waals surface area contributed by atoms with E-state index < -0.39 is 0 Å². The maximum absolute atomic E-state index is 12.7. The lowest BCUT2D eigenvalue weighted by Gasteiger charge is -2.05. The van der Waals surface area contributed by atoms with E-state index in [1.165, 1.54) is 20.7 Å². The highest BCUT2D eigenvalue weighted by Gasteiger charge is 2.11. The number of nitriles is 1. The molecule has 0 bridgehead atoms. The third-order valence-corrected chi connectivity index (χ3v) is 6.70. The number of carbonyl (C=O) groups is 2. The molecule has 3 aromatic carbocycles. The lowest BCUT2D eigenvalue weighted by Crippen LogP contribution is -2.28. The quantitative estimate of drug-likeness (QED) is 0.435. The van der Waals surface area contributed by atoms with Crippen LogP contribution in [0.3, 0.4) is 0 Å². The van der Waals surface area contributed by atoms with Crippen LogP contribution in [0.2, 0.25) is 0 Å². The molecule has 32 heavy (non-hydrogen) atoms. The molecule has 4 aromatic rings. The van der Waals surface area contributed by atoms with Crippen LogP contribution in [0.15, 0.2) is 94.9 Å². The zero-order valence-corrected chi connectivity index (χ0v) is 18.3. The molecule has 6 nitrogen and oxygen atoms in total. The summed E-state index contributed by atoms with van der Waals surface area (Å²) in [4.78, 5) is 34.7. The van der Waals surface area contributed by atoms with Gasteiger partial charge in [0.25, 0.3) is 11.8 Å². The van der Waals surface area contributed by atoms with Gasteiger partial charge in [-0.15, -0.1) is 0 Å². The van der Waals surface area contributed by atoms with Crippen molar-refractivity contribution in [2.75, 3.05) is 0 Å². The Morgan fingerprint density at radius 3 is 1.72 bits per heavy atom. The van der Waals surface area contributed by atoms with Crippen molar-refractivity contribution in [1.82, 2.24) is 4.57 Å². The van der Waals surface area contributed by atoms with Crippen molar-refractivity contribution in [3.8, 4) is 6.07 Å². The highest BCUT2D eigenvalue weighted by atomic mass is 32.9. The third-order valence-electron chi connectivity index (χ3n) is 4.55. The molecule has 0 aliphatic rings. The second kappa shape index (κ2) is 9.92. The topological polar surface area (TPSA) is 87.6 Å². The van der Waals surface area contributed by atoms with Crippen LogP contribution in [0, 0.1) is 11.3 Å².